The summed E-state index contributed by atoms with van der Waals surface area (Å²) in [5.41, 5.74) is 0. The minimum atomic E-state index is -4.19. The van der Waals surface area contributed by atoms with Crippen molar-refractivity contribution in [2.24, 2.45) is 0 Å². The third-order valence-corrected chi connectivity index (χ3v) is 1.91. The Morgan fingerprint density at radius 2 is 1.73 bits per heavy atom. The maximum Gasteiger partial charge on any atom is 0.411 e. The Kier molecular flexibility index (Phi) is 8.80. The summed E-state index contributed by atoms with van der Waals surface area (Å²) in [7, 11) is 0. The van der Waals surface area contributed by atoms with Crippen LogP contribution in [0.2, 0.25) is 0 Å². The molecule has 0 aliphatic carbocycles. The SMILES string of the molecule is CCNCCCCCCOCC(F)(F)F. The second-order valence-electron chi connectivity index (χ2n) is 3.44. The first kappa shape index (κ1) is 14.7. The molecule has 15 heavy (non-hydrogen) atoms. The number of ether oxygens (including phenoxy) is 1. The lowest BCUT2D eigenvalue weighted by Gasteiger charge is -2.07. The minimum Gasteiger partial charge on any atom is -0.372 e. The zero-order valence-corrected chi connectivity index (χ0v) is 9.20. The van der Waals surface area contributed by atoms with Gasteiger partial charge in [-0.05, 0) is 25.9 Å². The van der Waals surface area contributed by atoms with E-state index in [9.17, 15) is 13.2 Å². The van der Waals surface area contributed by atoms with Crippen LogP contribution in [0.5, 0.6) is 0 Å². The van der Waals surface area contributed by atoms with Gasteiger partial charge in [0.1, 0.15) is 6.61 Å². The number of halogens is 3. The molecule has 92 valence electrons. The van der Waals surface area contributed by atoms with Gasteiger partial charge in [-0.25, -0.2) is 0 Å². The molecule has 0 aliphatic heterocycles. The fraction of sp³-hybridized carbons (Fsp3) is 1.00. The van der Waals surface area contributed by atoms with Crippen molar-refractivity contribution in [2.45, 2.75) is 38.8 Å². The molecule has 0 heterocycles. The Morgan fingerprint density at radius 1 is 1.07 bits per heavy atom. The first-order chi connectivity index (χ1) is 7.06. The van der Waals surface area contributed by atoms with Crippen LogP contribution in [0.15, 0.2) is 0 Å². The smallest absolute Gasteiger partial charge is 0.372 e. The van der Waals surface area contributed by atoms with Crippen molar-refractivity contribution in [2.75, 3.05) is 26.3 Å². The molecule has 1 N–H and O–H groups in total. The summed E-state index contributed by atoms with van der Waals surface area (Å²) in [6.45, 7) is 3.09. The van der Waals surface area contributed by atoms with E-state index in [0.29, 0.717) is 6.42 Å². The second kappa shape index (κ2) is 8.97. The fourth-order valence-corrected chi connectivity index (χ4v) is 1.17. The molecule has 5 heteroatoms. The molecule has 0 aromatic carbocycles. The summed E-state index contributed by atoms with van der Waals surface area (Å²) >= 11 is 0. The lowest BCUT2D eigenvalue weighted by atomic mass is 10.2. The van der Waals surface area contributed by atoms with E-state index < -0.39 is 12.8 Å². The number of alkyl halides is 3. The average molecular weight is 227 g/mol. The van der Waals surface area contributed by atoms with Gasteiger partial charge >= 0.3 is 6.18 Å². The third-order valence-electron chi connectivity index (χ3n) is 1.91. The van der Waals surface area contributed by atoms with Crippen LogP contribution in [0.25, 0.3) is 0 Å². The predicted octanol–water partition coefficient (Wildman–Crippen LogP) is 2.74. The molecule has 0 aromatic heterocycles. The zero-order valence-electron chi connectivity index (χ0n) is 9.20. The van der Waals surface area contributed by atoms with Gasteiger partial charge in [0.25, 0.3) is 0 Å². The maximum absolute atomic E-state index is 11.6. The predicted molar refractivity (Wildman–Crippen MR) is 53.9 cm³/mol. The topological polar surface area (TPSA) is 21.3 Å². The summed E-state index contributed by atoms with van der Waals surface area (Å²) in [5.74, 6) is 0. The van der Waals surface area contributed by atoms with Gasteiger partial charge in [0.05, 0.1) is 0 Å². The summed E-state index contributed by atoms with van der Waals surface area (Å²) in [6, 6.07) is 0. The van der Waals surface area contributed by atoms with Crippen molar-refractivity contribution in [3.8, 4) is 0 Å². The van der Waals surface area contributed by atoms with E-state index in [2.05, 4.69) is 10.1 Å². The third kappa shape index (κ3) is 13.7. The Bertz CT molecular complexity index is 139. The lowest BCUT2D eigenvalue weighted by Crippen LogP contribution is -2.17. The van der Waals surface area contributed by atoms with Crippen LogP contribution >= 0.6 is 0 Å². The van der Waals surface area contributed by atoms with Gasteiger partial charge in [-0.3, -0.25) is 0 Å². The molecule has 0 fully saturated rings. The highest BCUT2D eigenvalue weighted by molar-refractivity contribution is 4.48. The number of hydrogen-bond acceptors (Lipinski definition) is 2. The van der Waals surface area contributed by atoms with E-state index in [4.69, 9.17) is 0 Å². The number of rotatable bonds is 9. The Labute approximate surface area is 89.2 Å². The van der Waals surface area contributed by atoms with E-state index in [0.717, 1.165) is 32.4 Å². The Hall–Kier alpha value is -0.290. The molecule has 0 aliphatic rings. The number of unbranched alkanes of at least 4 members (excludes halogenated alkanes) is 3. The summed E-state index contributed by atoms with van der Waals surface area (Å²) < 4.78 is 39.4. The first-order valence-corrected chi connectivity index (χ1v) is 5.41. The molecule has 0 atom stereocenters. The molecule has 0 saturated carbocycles. The Balaban J connectivity index is 2.99. The van der Waals surface area contributed by atoms with Gasteiger partial charge < -0.3 is 10.1 Å². The quantitative estimate of drug-likeness (QED) is 0.611. The van der Waals surface area contributed by atoms with Crippen LogP contribution < -0.4 is 5.32 Å². The molecule has 0 amide bonds. The van der Waals surface area contributed by atoms with Gasteiger partial charge in [0.2, 0.25) is 0 Å². The Morgan fingerprint density at radius 3 is 2.33 bits per heavy atom. The summed E-state index contributed by atoms with van der Waals surface area (Å²) in [4.78, 5) is 0. The molecule has 0 aromatic rings. The lowest BCUT2D eigenvalue weighted by molar-refractivity contribution is -0.174. The number of nitrogens with one attached hydrogen (secondary N) is 1. The van der Waals surface area contributed by atoms with E-state index >= 15 is 0 Å². The van der Waals surface area contributed by atoms with Gasteiger partial charge in [0, 0.05) is 6.61 Å². The number of hydrogen-bond donors (Lipinski definition) is 1. The van der Waals surface area contributed by atoms with E-state index in [1.54, 1.807) is 0 Å². The highest BCUT2D eigenvalue weighted by Gasteiger charge is 2.26. The molecule has 0 spiro atoms. The van der Waals surface area contributed by atoms with E-state index in [1.165, 1.54) is 0 Å². The average Bonchev–Trinajstić information content (AvgIpc) is 2.14. The van der Waals surface area contributed by atoms with Gasteiger partial charge in [-0.2, -0.15) is 13.2 Å². The monoisotopic (exact) mass is 227 g/mol. The fourth-order valence-electron chi connectivity index (χ4n) is 1.17. The van der Waals surface area contributed by atoms with Crippen molar-refractivity contribution in [1.82, 2.24) is 5.32 Å². The molecule has 0 unspecified atom stereocenters. The maximum atomic E-state index is 11.6. The summed E-state index contributed by atoms with van der Waals surface area (Å²) in [6.07, 6.45) is -0.425. The van der Waals surface area contributed by atoms with Crippen LogP contribution in [0, 0.1) is 0 Å². The van der Waals surface area contributed by atoms with Crippen molar-refractivity contribution in [3.05, 3.63) is 0 Å². The molecule has 0 bridgehead atoms. The highest BCUT2D eigenvalue weighted by Crippen LogP contribution is 2.14. The first-order valence-electron chi connectivity index (χ1n) is 5.41. The standard InChI is InChI=1S/C10H20F3NO/c1-2-14-7-5-3-4-6-8-15-9-10(11,12)13/h14H,2-9H2,1H3. The summed E-state index contributed by atoms with van der Waals surface area (Å²) in [5, 5.41) is 3.19. The van der Waals surface area contributed by atoms with Crippen LogP contribution in [0.1, 0.15) is 32.6 Å². The normalized spacial score (nSPS) is 12.0. The molecule has 0 rings (SSSR count). The van der Waals surface area contributed by atoms with Crippen molar-refractivity contribution in [1.29, 1.82) is 0 Å². The van der Waals surface area contributed by atoms with Crippen LogP contribution in [-0.2, 0) is 4.74 Å². The van der Waals surface area contributed by atoms with Crippen molar-refractivity contribution < 1.29 is 17.9 Å². The molecular weight excluding hydrogens is 207 g/mol. The van der Waals surface area contributed by atoms with Crippen LogP contribution in [-0.4, -0.2) is 32.5 Å². The van der Waals surface area contributed by atoms with Gasteiger partial charge in [-0.15, -0.1) is 0 Å². The largest absolute Gasteiger partial charge is 0.411 e. The molecule has 0 radical (unpaired) electrons. The van der Waals surface area contributed by atoms with Crippen molar-refractivity contribution >= 4 is 0 Å². The molecular formula is C10H20F3NO. The van der Waals surface area contributed by atoms with E-state index in [1.807, 2.05) is 6.92 Å². The van der Waals surface area contributed by atoms with E-state index in [-0.39, 0.29) is 6.61 Å². The van der Waals surface area contributed by atoms with Gasteiger partial charge in [0.15, 0.2) is 0 Å². The zero-order chi connectivity index (χ0) is 11.6. The molecule has 0 saturated heterocycles. The highest BCUT2D eigenvalue weighted by atomic mass is 19.4. The van der Waals surface area contributed by atoms with Crippen LogP contribution in [0.3, 0.4) is 0 Å². The second-order valence-corrected chi connectivity index (χ2v) is 3.44. The minimum absolute atomic E-state index is 0.209. The molecule has 2 nitrogen and oxygen atoms in total. The van der Waals surface area contributed by atoms with Crippen molar-refractivity contribution in [3.63, 3.8) is 0 Å². The van der Waals surface area contributed by atoms with Crippen LogP contribution in [0.4, 0.5) is 13.2 Å². The van der Waals surface area contributed by atoms with Gasteiger partial charge in [-0.1, -0.05) is 19.8 Å².